The van der Waals surface area contributed by atoms with Gasteiger partial charge in [-0.2, -0.15) is 0 Å². The Morgan fingerprint density at radius 3 is 2.80 bits per heavy atom. The molecule has 3 aromatic heterocycles. The van der Waals surface area contributed by atoms with Crippen molar-refractivity contribution < 1.29 is 9.15 Å². The molecule has 5 rings (SSSR count). The maximum atomic E-state index is 5.95. The number of hydrogen-bond donors (Lipinski definition) is 1. The summed E-state index contributed by atoms with van der Waals surface area (Å²) in [6.45, 7) is 0. The molecule has 122 valence electrons. The first-order valence-corrected chi connectivity index (χ1v) is 8.61. The summed E-state index contributed by atoms with van der Waals surface area (Å²) in [5.41, 5.74) is 1.87. The van der Waals surface area contributed by atoms with E-state index in [1.807, 2.05) is 36.5 Å². The van der Waals surface area contributed by atoms with Crippen LogP contribution in [0.15, 0.2) is 59.1 Å². The highest BCUT2D eigenvalue weighted by atomic mass is 32.1. The van der Waals surface area contributed by atoms with Crippen LogP contribution in [0.4, 0.5) is 0 Å². The Hall–Kier alpha value is -3.12. The topological polar surface area (TPSA) is 63.9 Å². The fourth-order valence-corrected chi connectivity index (χ4v) is 3.91. The Balaban J connectivity index is 1.60. The molecule has 0 saturated heterocycles. The van der Waals surface area contributed by atoms with E-state index < -0.39 is 0 Å². The number of rotatable bonds is 3. The van der Waals surface area contributed by atoms with Gasteiger partial charge in [-0.25, -0.2) is 0 Å². The van der Waals surface area contributed by atoms with Gasteiger partial charge in [0, 0.05) is 21.8 Å². The monoisotopic (exact) mass is 347 g/mol. The van der Waals surface area contributed by atoms with E-state index in [4.69, 9.17) is 9.15 Å². The van der Waals surface area contributed by atoms with E-state index in [-0.39, 0.29) is 0 Å². The Bertz CT molecular complexity index is 1170. The third-order valence-corrected chi connectivity index (χ3v) is 5.28. The quantitative estimate of drug-likeness (QED) is 0.493. The van der Waals surface area contributed by atoms with Gasteiger partial charge in [-0.15, -0.1) is 21.5 Å². The molecule has 5 nitrogen and oxygen atoms in total. The number of fused-ring (bicyclic) bond motifs is 2. The number of H-pyrrole nitrogens is 1. The van der Waals surface area contributed by atoms with Crippen LogP contribution in [0.5, 0.6) is 5.75 Å². The largest absolute Gasteiger partial charge is 0.497 e. The van der Waals surface area contributed by atoms with E-state index in [0.717, 1.165) is 27.1 Å². The van der Waals surface area contributed by atoms with Crippen molar-refractivity contribution in [3.63, 3.8) is 0 Å². The van der Waals surface area contributed by atoms with E-state index in [1.165, 1.54) is 10.1 Å². The molecular weight excluding hydrogens is 334 g/mol. The normalized spacial score (nSPS) is 11.4. The lowest BCUT2D eigenvalue weighted by atomic mass is 10.1. The van der Waals surface area contributed by atoms with Crippen LogP contribution in [0.1, 0.15) is 0 Å². The van der Waals surface area contributed by atoms with Crippen molar-refractivity contribution >= 4 is 32.3 Å². The zero-order valence-electron chi connectivity index (χ0n) is 13.3. The average Bonchev–Trinajstić information content (AvgIpc) is 3.37. The summed E-state index contributed by atoms with van der Waals surface area (Å²) in [6.07, 6.45) is 1.88. The molecule has 0 atom stereocenters. The predicted octanol–water partition coefficient (Wildman–Crippen LogP) is 5.11. The number of nitrogens with zero attached hydrogens (tertiary/aromatic N) is 2. The minimum absolute atomic E-state index is 0.493. The number of ether oxygens (including phenoxy) is 1. The Kier molecular flexibility index (Phi) is 3.11. The maximum absolute atomic E-state index is 5.95. The first-order valence-electron chi connectivity index (χ1n) is 7.80. The number of hydrogen-bond acceptors (Lipinski definition) is 5. The van der Waals surface area contributed by atoms with Gasteiger partial charge >= 0.3 is 0 Å². The summed E-state index contributed by atoms with van der Waals surface area (Å²) < 4.78 is 12.5. The van der Waals surface area contributed by atoms with Crippen molar-refractivity contribution in [2.75, 3.05) is 7.11 Å². The zero-order valence-corrected chi connectivity index (χ0v) is 14.1. The van der Waals surface area contributed by atoms with Crippen molar-refractivity contribution in [1.29, 1.82) is 0 Å². The molecule has 0 amide bonds. The van der Waals surface area contributed by atoms with E-state index >= 15 is 0 Å². The van der Waals surface area contributed by atoms with Crippen molar-refractivity contribution in [1.82, 2.24) is 15.2 Å². The molecule has 5 aromatic rings. The maximum Gasteiger partial charge on any atom is 0.258 e. The Morgan fingerprint density at radius 2 is 1.92 bits per heavy atom. The van der Waals surface area contributed by atoms with Gasteiger partial charge in [0.1, 0.15) is 5.75 Å². The molecule has 3 heterocycles. The fourth-order valence-electron chi connectivity index (χ4n) is 2.92. The van der Waals surface area contributed by atoms with Gasteiger partial charge in [0.05, 0.1) is 17.6 Å². The Morgan fingerprint density at radius 1 is 1.04 bits per heavy atom. The van der Waals surface area contributed by atoms with E-state index in [2.05, 4.69) is 33.4 Å². The summed E-state index contributed by atoms with van der Waals surface area (Å²) in [6, 6.07) is 16.2. The minimum atomic E-state index is 0.493. The van der Waals surface area contributed by atoms with Gasteiger partial charge < -0.3 is 14.1 Å². The highest BCUT2D eigenvalue weighted by Gasteiger charge is 2.16. The molecule has 0 fully saturated rings. The van der Waals surface area contributed by atoms with Crippen molar-refractivity contribution in [3.05, 3.63) is 54.7 Å². The number of aromatic nitrogens is 3. The van der Waals surface area contributed by atoms with Crippen LogP contribution in [0.3, 0.4) is 0 Å². The zero-order chi connectivity index (χ0) is 16.8. The van der Waals surface area contributed by atoms with Crippen LogP contribution in [0.2, 0.25) is 0 Å². The van der Waals surface area contributed by atoms with Gasteiger partial charge in [0.2, 0.25) is 5.89 Å². The number of benzene rings is 2. The second-order valence-electron chi connectivity index (χ2n) is 5.67. The molecule has 25 heavy (non-hydrogen) atoms. The molecule has 0 bridgehead atoms. The summed E-state index contributed by atoms with van der Waals surface area (Å²) in [7, 11) is 1.65. The third kappa shape index (κ3) is 2.30. The summed E-state index contributed by atoms with van der Waals surface area (Å²) >= 11 is 1.65. The standard InChI is InChI=1S/C19H13N3O2S/c1-23-12-6-7-15-13(9-12)14(10-20-15)18-21-22-19(24-18)17-8-11-4-2-3-5-16(11)25-17/h2-10,20H,1H3. The second-order valence-corrected chi connectivity index (χ2v) is 6.76. The molecule has 0 saturated carbocycles. The molecule has 0 aliphatic rings. The van der Waals surface area contributed by atoms with E-state index in [1.54, 1.807) is 18.4 Å². The SMILES string of the molecule is COc1ccc2[nH]cc(-c3nnc(-c4cc5ccccc5s4)o3)c2c1. The van der Waals surface area contributed by atoms with Gasteiger partial charge in [-0.05, 0) is 35.7 Å². The lowest BCUT2D eigenvalue weighted by Gasteiger charge is -1.99. The van der Waals surface area contributed by atoms with Crippen LogP contribution in [-0.4, -0.2) is 22.3 Å². The van der Waals surface area contributed by atoms with Crippen LogP contribution in [0.25, 0.3) is 43.2 Å². The van der Waals surface area contributed by atoms with Crippen molar-refractivity contribution in [2.24, 2.45) is 0 Å². The van der Waals surface area contributed by atoms with Crippen LogP contribution in [0, 0.1) is 0 Å². The number of aromatic amines is 1. The highest BCUT2D eigenvalue weighted by Crippen LogP contribution is 2.35. The summed E-state index contributed by atoms with van der Waals surface area (Å²) in [5, 5.41) is 10.6. The number of methoxy groups -OCH3 is 1. The van der Waals surface area contributed by atoms with Crippen LogP contribution < -0.4 is 4.74 Å². The van der Waals surface area contributed by atoms with Crippen LogP contribution in [-0.2, 0) is 0 Å². The molecule has 1 N–H and O–H groups in total. The van der Waals surface area contributed by atoms with Gasteiger partial charge in [0.25, 0.3) is 5.89 Å². The minimum Gasteiger partial charge on any atom is -0.497 e. The molecule has 2 aromatic carbocycles. The molecule has 0 aliphatic heterocycles. The van der Waals surface area contributed by atoms with E-state index in [9.17, 15) is 0 Å². The lowest BCUT2D eigenvalue weighted by Crippen LogP contribution is -1.82. The van der Waals surface area contributed by atoms with Gasteiger partial charge in [-0.1, -0.05) is 18.2 Å². The molecule has 6 heteroatoms. The number of thiophene rings is 1. The predicted molar refractivity (Wildman–Crippen MR) is 99.0 cm³/mol. The summed E-state index contributed by atoms with van der Waals surface area (Å²) in [5.74, 6) is 1.82. The van der Waals surface area contributed by atoms with Gasteiger partial charge in [0.15, 0.2) is 0 Å². The molecule has 0 spiro atoms. The van der Waals surface area contributed by atoms with Crippen molar-refractivity contribution in [2.45, 2.75) is 0 Å². The lowest BCUT2D eigenvalue weighted by molar-refractivity contribution is 0.415. The van der Waals surface area contributed by atoms with Crippen LogP contribution >= 0.6 is 11.3 Å². The van der Waals surface area contributed by atoms with E-state index in [0.29, 0.717) is 11.8 Å². The second kappa shape index (κ2) is 5.46. The first kappa shape index (κ1) is 14.2. The molecule has 0 radical (unpaired) electrons. The average molecular weight is 347 g/mol. The third-order valence-electron chi connectivity index (χ3n) is 4.18. The summed E-state index contributed by atoms with van der Waals surface area (Å²) in [4.78, 5) is 4.20. The number of nitrogens with one attached hydrogen (secondary N) is 1. The highest BCUT2D eigenvalue weighted by molar-refractivity contribution is 7.22. The molecular formula is C19H13N3O2S. The van der Waals surface area contributed by atoms with Gasteiger partial charge in [-0.3, -0.25) is 0 Å². The first-order chi connectivity index (χ1) is 12.3. The molecule has 0 unspecified atom stereocenters. The smallest absolute Gasteiger partial charge is 0.258 e. The Labute approximate surface area is 146 Å². The van der Waals surface area contributed by atoms with Crippen molar-refractivity contribution in [3.8, 4) is 28.0 Å². The fraction of sp³-hybridized carbons (Fsp3) is 0.0526. The molecule has 0 aliphatic carbocycles.